The minimum Gasteiger partial charge on any atom is -0.481 e. The molecule has 1 aromatic heterocycles. The van der Waals surface area contributed by atoms with Gasteiger partial charge >= 0.3 is 5.97 Å². The first-order chi connectivity index (χ1) is 6.59. The van der Waals surface area contributed by atoms with Gasteiger partial charge in [0.05, 0.1) is 12.0 Å². The number of aliphatic carboxylic acids is 1. The zero-order chi connectivity index (χ0) is 10.6. The van der Waals surface area contributed by atoms with Crippen LogP contribution in [0.15, 0.2) is 12.5 Å². The number of nitrogens with zero attached hydrogens (tertiary/aromatic N) is 2. The van der Waals surface area contributed by atoms with Gasteiger partial charge in [0.15, 0.2) is 0 Å². The quantitative estimate of drug-likeness (QED) is 0.782. The molecule has 0 fully saturated rings. The average molecular weight is 196 g/mol. The minimum atomic E-state index is -0.742. The predicted octanol–water partition coefficient (Wildman–Crippen LogP) is 1.87. The normalized spacial score (nSPS) is 10.8. The van der Waals surface area contributed by atoms with Crippen molar-refractivity contribution >= 4 is 5.97 Å². The zero-order valence-corrected chi connectivity index (χ0v) is 8.60. The van der Waals surface area contributed by atoms with Gasteiger partial charge in [0.1, 0.15) is 0 Å². The standard InChI is InChI=1S/C10H16N2O2/c1-8(2)12-6-9(11-7-12)4-3-5-10(13)14/h6-8H,3-5H2,1-2H3,(H,13,14). The molecule has 0 radical (unpaired) electrons. The summed E-state index contributed by atoms with van der Waals surface area (Å²) in [7, 11) is 0. The summed E-state index contributed by atoms with van der Waals surface area (Å²) in [5.74, 6) is -0.742. The topological polar surface area (TPSA) is 55.1 Å². The van der Waals surface area contributed by atoms with Crippen LogP contribution in [0.1, 0.15) is 38.4 Å². The summed E-state index contributed by atoms with van der Waals surface area (Å²) in [6.07, 6.45) is 5.39. The molecule has 0 saturated heterocycles. The average Bonchev–Trinajstić information content (AvgIpc) is 2.52. The number of imidazole rings is 1. The van der Waals surface area contributed by atoms with Crippen molar-refractivity contribution in [1.82, 2.24) is 9.55 Å². The van der Waals surface area contributed by atoms with Crippen molar-refractivity contribution in [1.29, 1.82) is 0 Å². The fourth-order valence-corrected chi connectivity index (χ4v) is 1.21. The first-order valence-corrected chi connectivity index (χ1v) is 4.83. The molecule has 0 saturated carbocycles. The minimum absolute atomic E-state index is 0.217. The Balaban J connectivity index is 2.40. The highest BCUT2D eigenvalue weighted by Gasteiger charge is 2.02. The summed E-state index contributed by atoms with van der Waals surface area (Å²) < 4.78 is 2.02. The van der Waals surface area contributed by atoms with E-state index in [0.29, 0.717) is 12.5 Å². The third kappa shape index (κ3) is 3.20. The van der Waals surface area contributed by atoms with Crippen LogP contribution in [0, 0.1) is 0 Å². The maximum atomic E-state index is 10.3. The van der Waals surface area contributed by atoms with Gasteiger partial charge in [-0.25, -0.2) is 4.98 Å². The highest BCUT2D eigenvalue weighted by Crippen LogP contribution is 2.07. The van der Waals surface area contributed by atoms with Crippen molar-refractivity contribution in [3.63, 3.8) is 0 Å². The number of carbonyl (C=O) groups is 1. The predicted molar refractivity (Wildman–Crippen MR) is 53.2 cm³/mol. The van der Waals surface area contributed by atoms with Crippen LogP contribution in [0.3, 0.4) is 0 Å². The summed E-state index contributed by atoms with van der Waals surface area (Å²) in [6.45, 7) is 4.17. The molecule has 0 unspecified atom stereocenters. The molecule has 4 heteroatoms. The third-order valence-corrected chi connectivity index (χ3v) is 2.07. The van der Waals surface area contributed by atoms with E-state index in [-0.39, 0.29) is 6.42 Å². The molecule has 0 aliphatic rings. The first-order valence-electron chi connectivity index (χ1n) is 4.83. The molecule has 1 heterocycles. The SMILES string of the molecule is CC(C)n1cnc(CCCC(=O)O)c1. The lowest BCUT2D eigenvalue weighted by Crippen LogP contribution is -1.97. The maximum absolute atomic E-state index is 10.3. The van der Waals surface area contributed by atoms with Gasteiger partial charge in [0.25, 0.3) is 0 Å². The van der Waals surface area contributed by atoms with Gasteiger partial charge in [0.2, 0.25) is 0 Å². The smallest absolute Gasteiger partial charge is 0.303 e. The van der Waals surface area contributed by atoms with Gasteiger partial charge in [-0.15, -0.1) is 0 Å². The van der Waals surface area contributed by atoms with E-state index in [1.165, 1.54) is 0 Å². The van der Waals surface area contributed by atoms with E-state index in [1.54, 1.807) is 6.33 Å². The molecular formula is C10H16N2O2. The molecule has 0 aromatic carbocycles. The van der Waals surface area contributed by atoms with Crippen molar-refractivity contribution in [3.8, 4) is 0 Å². The van der Waals surface area contributed by atoms with E-state index in [1.807, 2.05) is 10.8 Å². The van der Waals surface area contributed by atoms with Crippen molar-refractivity contribution < 1.29 is 9.90 Å². The third-order valence-electron chi connectivity index (χ3n) is 2.07. The Hall–Kier alpha value is -1.32. The second-order valence-electron chi connectivity index (χ2n) is 3.65. The van der Waals surface area contributed by atoms with Crippen molar-refractivity contribution in [3.05, 3.63) is 18.2 Å². The van der Waals surface area contributed by atoms with E-state index in [0.717, 1.165) is 12.1 Å². The lowest BCUT2D eigenvalue weighted by Gasteiger charge is -2.03. The molecule has 4 nitrogen and oxygen atoms in total. The van der Waals surface area contributed by atoms with Crippen LogP contribution in [0.25, 0.3) is 0 Å². The van der Waals surface area contributed by atoms with Gasteiger partial charge in [-0.05, 0) is 26.7 Å². The van der Waals surface area contributed by atoms with Crippen LogP contribution in [0.2, 0.25) is 0 Å². The van der Waals surface area contributed by atoms with Crippen molar-refractivity contribution in [2.45, 2.75) is 39.2 Å². The number of carboxylic acid groups (broad SMARTS) is 1. The monoisotopic (exact) mass is 196 g/mol. The summed E-state index contributed by atoms with van der Waals surface area (Å²) in [4.78, 5) is 14.5. The van der Waals surface area contributed by atoms with Gasteiger partial charge in [-0.3, -0.25) is 4.79 Å². The molecule has 14 heavy (non-hydrogen) atoms. The summed E-state index contributed by atoms with van der Waals surface area (Å²) >= 11 is 0. The van der Waals surface area contributed by atoms with Crippen LogP contribution in [-0.2, 0) is 11.2 Å². The van der Waals surface area contributed by atoms with Crippen LogP contribution >= 0.6 is 0 Å². The number of aromatic nitrogens is 2. The number of hydrogen-bond acceptors (Lipinski definition) is 2. The molecule has 0 bridgehead atoms. The number of aryl methyl sites for hydroxylation is 1. The lowest BCUT2D eigenvalue weighted by atomic mass is 10.2. The second-order valence-corrected chi connectivity index (χ2v) is 3.65. The highest BCUT2D eigenvalue weighted by molar-refractivity contribution is 5.66. The van der Waals surface area contributed by atoms with Crippen molar-refractivity contribution in [2.75, 3.05) is 0 Å². The Morgan fingerprint density at radius 3 is 2.86 bits per heavy atom. The molecule has 0 amide bonds. The Morgan fingerprint density at radius 2 is 2.36 bits per heavy atom. The molecule has 0 spiro atoms. The number of hydrogen-bond donors (Lipinski definition) is 1. The molecule has 1 aromatic rings. The van der Waals surface area contributed by atoms with Crippen molar-refractivity contribution in [2.24, 2.45) is 0 Å². The van der Waals surface area contributed by atoms with Crippen LogP contribution in [0.4, 0.5) is 0 Å². The Kier molecular flexibility index (Phi) is 3.68. The van der Waals surface area contributed by atoms with Crippen LogP contribution < -0.4 is 0 Å². The molecule has 1 rings (SSSR count). The second kappa shape index (κ2) is 4.79. The van der Waals surface area contributed by atoms with Gasteiger partial charge in [-0.2, -0.15) is 0 Å². The van der Waals surface area contributed by atoms with E-state index in [4.69, 9.17) is 5.11 Å². The van der Waals surface area contributed by atoms with E-state index >= 15 is 0 Å². The van der Waals surface area contributed by atoms with Crippen LogP contribution in [-0.4, -0.2) is 20.6 Å². The molecule has 0 aliphatic heterocycles. The number of carboxylic acids is 1. The molecule has 78 valence electrons. The Labute approximate surface area is 83.6 Å². The van der Waals surface area contributed by atoms with E-state index in [9.17, 15) is 4.79 Å². The molecule has 0 aliphatic carbocycles. The summed E-state index contributed by atoms with van der Waals surface area (Å²) in [5, 5.41) is 8.46. The first kappa shape index (κ1) is 10.8. The molecule has 0 atom stereocenters. The van der Waals surface area contributed by atoms with Crippen LogP contribution in [0.5, 0.6) is 0 Å². The zero-order valence-electron chi connectivity index (χ0n) is 8.60. The van der Waals surface area contributed by atoms with Gasteiger partial charge < -0.3 is 9.67 Å². The van der Waals surface area contributed by atoms with Gasteiger partial charge in [-0.1, -0.05) is 0 Å². The summed E-state index contributed by atoms with van der Waals surface area (Å²) in [6, 6.07) is 0.413. The fraction of sp³-hybridized carbons (Fsp3) is 0.600. The van der Waals surface area contributed by atoms with Gasteiger partial charge in [0, 0.05) is 18.7 Å². The van der Waals surface area contributed by atoms with E-state index in [2.05, 4.69) is 18.8 Å². The number of rotatable bonds is 5. The Bertz CT molecular complexity index is 305. The summed E-state index contributed by atoms with van der Waals surface area (Å²) in [5.41, 5.74) is 0.972. The lowest BCUT2D eigenvalue weighted by molar-refractivity contribution is -0.137. The largest absolute Gasteiger partial charge is 0.481 e. The Morgan fingerprint density at radius 1 is 1.64 bits per heavy atom. The maximum Gasteiger partial charge on any atom is 0.303 e. The molecule has 1 N–H and O–H groups in total. The van der Waals surface area contributed by atoms with E-state index < -0.39 is 5.97 Å². The molecular weight excluding hydrogens is 180 g/mol. The highest BCUT2D eigenvalue weighted by atomic mass is 16.4. The fourth-order valence-electron chi connectivity index (χ4n) is 1.21.